The van der Waals surface area contributed by atoms with E-state index in [0.29, 0.717) is 12.5 Å². The van der Waals surface area contributed by atoms with Crippen molar-refractivity contribution in [2.45, 2.75) is 39.7 Å². The summed E-state index contributed by atoms with van der Waals surface area (Å²) in [5, 5.41) is 7.20. The van der Waals surface area contributed by atoms with E-state index in [-0.39, 0.29) is 5.84 Å². The second-order valence-corrected chi connectivity index (χ2v) is 3.96. The van der Waals surface area contributed by atoms with Crippen molar-refractivity contribution in [1.82, 2.24) is 4.90 Å². The predicted molar refractivity (Wildman–Crippen MR) is 64.4 cm³/mol. The molecule has 0 unspecified atom stereocenters. The molecule has 0 aromatic heterocycles. The van der Waals surface area contributed by atoms with Crippen LogP contribution in [0.3, 0.4) is 0 Å². The third-order valence-electron chi connectivity index (χ3n) is 2.34. The Bertz CT molecular complexity index is 171. The van der Waals surface area contributed by atoms with Crippen LogP contribution >= 0.6 is 0 Å². The Hall–Kier alpha value is -0.610. The molecule has 0 saturated heterocycles. The highest BCUT2D eigenvalue weighted by Gasteiger charge is 2.08. The van der Waals surface area contributed by atoms with Crippen LogP contribution in [0.5, 0.6) is 0 Å². The molecule has 15 heavy (non-hydrogen) atoms. The minimum atomic E-state index is 0.269. The molecule has 0 heterocycles. The summed E-state index contributed by atoms with van der Waals surface area (Å²) in [6.07, 6.45) is 1.71. The highest BCUT2D eigenvalue weighted by Crippen LogP contribution is 2.01. The zero-order chi connectivity index (χ0) is 11.7. The van der Waals surface area contributed by atoms with Crippen LogP contribution in [0.2, 0.25) is 0 Å². The fraction of sp³-hybridized carbons (Fsp3) is 0.909. The standard InChI is InChI=1S/C11H25N3O/c1-4-15-9-5-7-14(10(2)3)8-6-11(12)13/h10H,4-9H2,1-3H3,(H3,12,13). The molecule has 0 rings (SSSR count). The van der Waals surface area contributed by atoms with Crippen LogP contribution in [0.25, 0.3) is 0 Å². The second kappa shape index (κ2) is 8.68. The van der Waals surface area contributed by atoms with E-state index in [9.17, 15) is 0 Å². The average molecular weight is 215 g/mol. The molecule has 90 valence electrons. The first-order chi connectivity index (χ1) is 7.07. The Morgan fingerprint density at radius 1 is 1.40 bits per heavy atom. The van der Waals surface area contributed by atoms with Crippen LogP contribution < -0.4 is 5.73 Å². The van der Waals surface area contributed by atoms with Gasteiger partial charge >= 0.3 is 0 Å². The van der Waals surface area contributed by atoms with Gasteiger partial charge in [0, 0.05) is 38.8 Å². The number of hydrogen-bond donors (Lipinski definition) is 2. The van der Waals surface area contributed by atoms with Crippen LogP contribution in [0.4, 0.5) is 0 Å². The fourth-order valence-electron chi connectivity index (χ4n) is 1.41. The highest BCUT2D eigenvalue weighted by atomic mass is 16.5. The first kappa shape index (κ1) is 14.4. The molecule has 0 aromatic rings. The molecular weight excluding hydrogens is 190 g/mol. The van der Waals surface area contributed by atoms with Gasteiger partial charge in [0.15, 0.2) is 0 Å². The summed E-state index contributed by atoms with van der Waals surface area (Å²) in [6, 6.07) is 0.506. The lowest BCUT2D eigenvalue weighted by Gasteiger charge is -2.26. The van der Waals surface area contributed by atoms with Crippen molar-refractivity contribution in [3.63, 3.8) is 0 Å². The van der Waals surface area contributed by atoms with Gasteiger partial charge in [-0.2, -0.15) is 0 Å². The Kier molecular flexibility index (Phi) is 8.33. The quantitative estimate of drug-likeness (QED) is 0.347. The number of nitrogens with zero attached hydrogens (tertiary/aromatic N) is 1. The molecule has 0 atom stereocenters. The van der Waals surface area contributed by atoms with Crippen molar-refractivity contribution in [3.05, 3.63) is 0 Å². The van der Waals surface area contributed by atoms with Crippen molar-refractivity contribution in [1.29, 1.82) is 5.41 Å². The largest absolute Gasteiger partial charge is 0.388 e. The van der Waals surface area contributed by atoms with E-state index in [1.165, 1.54) is 0 Å². The van der Waals surface area contributed by atoms with E-state index in [1.807, 2.05) is 6.92 Å². The number of nitrogens with one attached hydrogen (secondary N) is 1. The van der Waals surface area contributed by atoms with Crippen molar-refractivity contribution in [2.75, 3.05) is 26.3 Å². The van der Waals surface area contributed by atoms with Crippen LogP contribution in [0.15, 0.2) is 0 Å². The Morgan fingerprint density at radius 2 is 2.07 bits per heavy atom. The van der Waals surface area contributed by atoms with Crippen molar-refractivity contribution in [2.24, 2.45) is 5.73 Å². The van der Waals surface area contributed by atoms with Crippen molar-refractivity contribution >= 4 is 5.84 Å². The molecule has 0 aliphatic rings. The molecule has 4 heteroatoms. The molecule has 0 aliphatic carbocycles. The van der Waals surface area contributed by atoms with Gasteiger partial charge in [-0.05, 0) is 27.2 Å². The van der Waals surface area contributed by atoms with Gasteiger partial charge in [0.1, 0.15) is 0 Å². The molecule has 0 radical (unpaired) electrons. The number of ether oxygens (including phenoxy) is 1. The van der Waals surface area contributed by atoms with E-state index >= 15 is 0 Å². The van der Waals surface area contributed by atoms with E-state index in [0.717, 1.165) is 32.7 Å². The summed E-state index contributed by atoms with van der Waals surface area (Å²) in [6.45, 7) is 9.84. The van der Waals surface area contributed by atoms with Crippen molar-refractivity contribution < 1.29 is 4.74 Å². The van der Waals surface area contributed by atoms with Crippen molar-refractivity contribution in [3.8, 4) is 0 Å². The van der Waals surface area contributed by atoms with Crippen LogP contribution in [0.1, 0.15) is 33.6 Å². The van der Waals surface area contributed by atoms with Gasteiger partial charge < -0.3 is 15.4 Å². The van der Waals surface area contributed by atoms with Gasteiger partial charge in [-0.15, -0.1) is 0 Å². The van der Waals surface area contributed by atoms with Crippen LogP contribution in [-0.4, -0.2) is 43.1 Å². The zero-order valence-electron chi connectivity index (χ0n) is 10.3. The molecule has 0 aromatic carbocycles. The summed E-state index contributed by atoms with van der Waals surface area (Å²) in [7, 11) is 0. The first-order valence-electron chi connectivity index (χ1n) is 5.72. The summed E-state index contributed by atoms with van der Waals surface area (Å²) >= 11 is 0. The highest BCUT2D eigenvalue weighted by molar-refractivity contribution is 5.76. The fourth-order valence-corrected chi connectivity index (χ4v) is 1.41. The van der Waals surface area contributed by atoms with Gasteiger partial charge in [0.25, 0.3) is 0 Å². The molecule has 4 nitrogen and oxygen atoms in total. The predicted octanol–water partition coefficient (Wildman–Crippen LogP) is 1.45. The monoisotopic (exact) mass is 215 g/mol. The number of hydrogen-bond acceptors (Lipinski definition) is 3. The maximum absolute atomic E-state index is 7.20. The van der Waals surface area contributed by atoms with Crippen LogP contribution in [0, 0.1) is 5.41 Å². The third kappa shape index (κ3) is 8.39. The first-order valence-corrected chi connectivity index (χ1v) is 5.72. The van der Waals surface area contributed by atoms with Gasteiger partial charge in [0.2, 0.25) is 0 Å². The summed E-state index contributed by atoms with van der Waals surface area (Å²) in [5.74, 6) is 0.269. The minimum Gasteiger partial charge on any atom is -0.388 e. The molecule has 3 N–H and O–H groups in total. The maximum atomic E-state index is 7.20. The number of rotatable bonds is 9. The number of amidine groups is 1. The van der Waals surface area contributed by atoms with Gasteiger partial charge in [-0.25, -0.2) is 0 Å². The zero-order valence-corrected chi connectivity index (χ0v) is 10.3. The molecule has 0 spiro atoms. The molecule has 0 saturated carbocycles. The summed E-state index contributed by atoms with van der Waals surface area (Å²) < 4.78 is 5.30. The molecule has 0 bridgehead atoms. The van der Waals surface area contributed by atoms with Gasteiger partial charge in [-0.1, -0.05) is 0 Å². The van der Waals surface area contributed by atoms with Crippen LogP contribution in [-0.2, 0) is 4.74 Å². The lowest BCUT2D eigenvalue weighted by Crippen LogP contribution is -2.35. The topological polar surface area (TPSA) is 62.3 Å². The van der Waals surface area contributed by atoms with E-state index in [1.54, 1.807) is 0 Å². The second-order valence-electron chi connectivity index (χ2n) is 3.96. The normalized spacial score (nSPS) is 11.3. The van der Waals surface area contributed by atoms with Gasteiger partial charge in [0.05, 0.1) is 5.84 Å². The molecule has 0 fully saturated rings. The Morgan fingerprint density at radius 3 is 2.53 bits per heavy atom. The molecular formula is C11H25N3O. The molecule has 0 amide bonds. The smallest absolute Gasteiger partial charge is 0.0918 e. The minimum absolute atomic E-state index is 0.269. The van der Waals surface area contributed by atoms with E-state index in [4.69, 9.17) is 15.9 Å². The molecule has 0 aliphatic heterocycles. The third-order valence-corrected chi connectivity index (χ3v) is 2.34. The van der Waals surface area contributed by atoms with E-state index in [2.05, 4.69) is 18.7 Å². The lowest BCUT2D eigenvalue weighted by molar-refractivity contribution is 0.126. The maximum Gasteiger partial charge on any atom is 0.0918 e. The SMILES string of the molecule is CCOCCCN(CCC(=N)N)C(C)C. The average Bonchev–Trinajstić information content (AvgIpc) is 2.15. The van der Waals surface area contributed by atoms with E-state index < -0.39 is 0 Å². The van der Waals surface area contributed by atoms with Gasteiger partial charge in [-0.3, -0.25) is 5.41 Å². The summed E-state index contributed by atoms with van der Waals surface area (Å²) in [4.78, 5) is 2.33. The lowest BCUT2D eigenvalue weighted by atomic mass is 10.2. The Balaban J connectivity index is 3.68. The Labute approximate surface area is 93.3 Å². The summed E-state index contributed by atoms with van der Waals surface area (Å²) in [5.41, 5.74) is 5.35. The number of nitrogens with two attached hydrogens (primary N) is 1.